The van der Waals surface area contributed by atoms with Gasteiger partial charge in [-0.15, -0.1) is 10.2 Å². The number of aromatic nitrogens is 2. The maximum Gasteiger partial charge on any atom is 0.321 e. The van der Waals surface area contributed by atoms with Gasteiger partial charge in [0.15, 0.2) is 5.84 Å². The van der Waals surface area contributed by atoms with Gasteiger partial charge in [-0.2, -0.15) is 10.2 Å². The van der Waals surface area contributed by atoms with Gasteiger partial charge in [-0.1, -0.05) is 0 Å². The van der Waals surface area contributed by atoms with Gasteiger partial charge in [0.2, 0.25) is 5.95 Å². The van der Waals surface area contributed by atoms with Crippen molar-refractivity contribution in [3.8, 4) is 6.07 Å². The number of nitrogens with zero attached hydrogens (tertiary/aromatic N) is 6. The van der Waals surface area contributed by atoms with E-state index in [1.54, 1.807) is 24.3 Å². The first kappa shape index (κ1) is 24.4. The summed E-state index contributed by atoms with van der Waals surface area (Å²) in [4.78, 5) is 34.0. The number of hydrogen-bond acceptors (Lipinski definition) is 12. The number of carboxylic acids is 1. The van der Waals surface area contributed by atoms with Crippen LogP contribution in [0.3, 0.4) is 0 Å². The number of rotatable bonds is 9. The number of piperidine rings is 1. The fourth-order valence-corrected chi connectivity index (χ4v) is 3.99. The molecule has 186 valence electrons. The second kappa shape index (κ2) is 10.7. The zero-order valence-electron chi connectivity index (χ0n) is 19.2. The van der Waals surface area contributed by atoms with Crippen LogP contribution in [-0.4, -0.2) is 63.8 Å². The van der Waals surface area contributed by atoms with Gasteiger partial charge in [-0.3, -0.25) is 15.0 Å². The van der Waals surface area contributed by atoms with E-state index in [4.69, 9.17) is 21.5 Å². The Morgan fingerprint density at radius 2 is 2.00 bits per heavy atom. The smallest absolute Gasteiger partial charge is 0.321 e. The number of nitrogens with two attached hydrogens (primary N) is 1. The van der Waals surface area contributed by atoms with E-state index in [0.717, 1.165) is 19.1 Å². The SMILES string of the molecule is N#CCC1CCN(c2nc(C=N)c(C(N)=O)c(Nc3ccc(C4=NNN(CC(=O)O)N4)cc3)n2)CC1. The van der Waals surface area contributed by atoms with Crippen LogP contribution in [0.15, 0.2) is 29.4 Å². The topological polar surface area (TPSA) is 209 Å². The first-order chi connectivity index (χ1) is 17.4. The van der Waals surface area contributed by atoms with Gasteiger partial charge in [0.25, 0.3) is 5.91 Å². The van der Waals surface area contributed by atoms with Crippen molar-refractivity contribution in [2.45, 2.75) is 19.3 Å². The number of aliphatic carboxylic acids is 1. The summed E-state index contributed by atoms with van der Waals surface area (Å²) >= 11 is 0. The van der Waals surface area contributed by atoms with Crippen molar-refractivity contribution in [2.75, 3.05) is 29.9 Å². The standard InChI is InChI=1S/C22H25N11O3/c23-8-5-13-6-9-32(10-7-13)22-27-16(11-24)18(19(25)36)21(28-22)26-15-3-1-14(2-4-15)20-29-31-33(30-20)12-17(34)35/h1-4,11,13,24,31H,5-7,9-10,12H2,(H2,25,36)(H,29,30)(H,34,35)(H,26,27,28). The summed E-state index contributed by atoms with van der Waals surface area (Å²) in [6, 6.07) is 9.20. The van der Waals surface area contributed by atoms with Gasteiger partial charge in [0.1, 0.15) is 23.6 Å². The summed E-state index contributed by atoms with van der Waals surface area (Å²) < 4.78 is 0. The van der Waals surface area contributed by atoms with Crippen LogP contribution in [0.4, 0.5) is 17.5 Å². The van der Waals surface area contributed by atoms with Gasteiger partial charge < -0.3 is 26.5 Å². The highest BCUT2D eigenvalue weighted by Gasteiger charge is 2.25. The quantitative estimate of drug-likeness (QED) is 0.266. The molecule has 0 bridgehead atoms. The summed E-state index contributed by atoms with van der Waals surface area (Å²) in [5.41, 5.74) is 12.4. The van der Waals surface area contributed by atoms with Crippen molar-refractivity contribution in [3.05, 3.63) is 41.1 Å². The lowest BCUT2D eigenvalue weighted by Gasteiger charge is -2.31. The number of nitrogens with one attached hydrogen (secondary N) is 4. The predicted molar refractivity (Wildman–Crippen MR) is 130 cm³/mol. The number of carbonyl (C=O) groups excluding carboxylic acids is 1. The van der Waals surface area contributed by atoms with Crippen LogP contribution in [0.25, 0.3) is 0 Å². The second-order valence-corrected chi connectivity index (χ2v) is 8.29. The van der Waals surface area contributed by atoms with Crippen LogP contribution in [0.5, 0.6) is 0 Å². The highest BCUT2D eigenvalue weighted by atomic mass is 16.4. The lowest BCUT2D eigenvalue weighted by molar-refractivity contribution is -0.139. The molecule has 36 heavy (non-hydrogen) atoms. The number of carbonyl (C=O) groups is 2. The first-order valence-electron chi connectivity index (χ1n) is 11.2. The van der Waals surface area contributed by atoms with E-state index in [0.29, 0.717) is 48.5 Å². The molecule has 0 saturated carbocycles. The van der Waals surface area contributed by atoms with Gasteiger partial charge in [0.05, 0.1) is 6.07 Å². The zero-order chi connectivity index (χ0) is 25.7. The number of anilines is 3. The van der Waals surface area contributed by atoms with E-state index in [2.05, 4.69) is 37.4 Å². The molecule has 0 spiro atoms. The summed E-state index contributed by atoms with van der Waals surface area (Å²) in [7, 11) is 0. The number of nitriles is 1. The van der Waals surface area contributed by atoms with Gasteiger partial charge >= 0.3 is 5.97 Å². The Hall–Kier alpha value is -4.77. The average molecular weight is 492 g/mol. The molecule has 0 aliphatic carbocycles. The fourth-order valence-electron chi connectivity index (χ4n) is 3.99. The van der Waals surface area contributed by atoms with Crippen LogP contribution < -0.4 is 26.9 Å². The molecule has 0 atom stereocenters. The third-order valence-electron chi connectivity index (χ3n) is 5.82. The Morgan fingerprint density at radius 1 is 1.28 bits per heavy atom. The highest BCUT2D eigenvalue weighted by molar-refractivity contribution is 6.05. The number of primary amides is 1. The number of amidine groups is 1. The molecule has 14 nitrogen and oxygen atoms in total. The average Bonchev–Trinajstić information content (AvgIpc) is 3.32. The number of hydrazine groups is 2. The van der Waals surface area contributed by atoms with Crippen molar-refractivity contribution >= 4 is 41.4 Å². The molecule has 3 heterocycles. The maximum absolute atomic E-state index is 12.2. The Bertz CT molecular complexity index is 1230. The molecule has 1 aromatic heterocycles. The molecule has 1 saturated heterocycles. The maximum atomic E-state index is 12.2. The molecule has 0 radical (unpaired) electrons. The van der Waals surface area contributed by atoms with Gasteiger partial charge in [0, 0.05) is 37.0 Å². The molecule has 1 amide bonds. The lowest BCUT2D eigenvalue weighted by Crippen LogP contribution is -2.44. The summed E-state index contributed by atoms with van der Waals surface area (Å²) in [6.45, 7) is 1.04. The number of carboxylic acid groups (broad SMARTS) is 1. The molecule has 1 fully saturated rings. The van der Waals surface area contributed by atoms with Gasteiger partial charge in [-0.05, 0) is 43.0 Å². The molecule has 1 aromatic carbocycles. The minimum atomic E-state index is -1.02. The van der Waals surface area contributed by atoms with Crippen LogP contribution in [0, 0.1) is 22.7 Å². The fraction of sp³-hybridized carbons (Fsp3) is 0.318. The third kappa shape index (κ3) is 5.47. The molecule has 2 aliphatic heterocycles. The predicted octanol–water partition coefficient (Wildman–Crippen LogP) is 0.518. The molecule has 0 unspecified atom stereocenters. The lowest BCUT2D eigenvalue weighted by atomic mass is 9.94. The Labute approximate surface area is 206 Å². The number of benzene rings is 1. The normalized spacial score (nSPS) is 15.9. The Kier molecular flexibility index (Phi) is 7.21. The van der Waals surface area contributed by atoms with Crippen molar-refractivity contribution in [1.82, 2.24) is 26.0 Å². The summed E-state index contributed by atoms with van der Waals surface area (Å²) in [6.07, 6.45) is 3.14. The van der Waals surface area contributed by atoms with Crippen LogP contribution in [-0.2, 0) is 4.79 Å². The Balaban J connectivity index is 1.54. The van der Waals surface area contributed by atoms with Crippen LogP contribution in [0.2, 0.25) is 0 Å². The number of hydrogen-bond donors (Lipinski definition) is 6. The first-order valence-corrected chi connectivity index (χ1v) is 11.2. The summed E-state index contributed by atoms with van der Waals surface area (Å²) in [5.74, 6) is -0.446. The monoisotopic (exact) mass is 491 g/mol. The van der Waals surface area contributed by atoms with E-state index in [1.165, 1.54) is 5.12 Å². The number of amides is 1. The molecule has 4 rings (SSSR count). The largest absolute Gasteiger partial charge is 0.480 e. The van der Waals surface area contributed by atoms with E-state index in [-0.39, 0.29) is 23.6 Å². The zero-order valence-corrected chi connectivity index (χ0v) is 19.2. The van der Waals surface area contributed by atoms with Gasteiger partial charge in [-0.25, -0.2) is 10.5 Å². The Morgan fingerprint density at radius 3 is 2.61 bits per heavy atom. The van der Waals surface area contributed by atoms with E-state index in [1.807, 2.05) is 4.90 Å². The van der Waals surface area contributed by atoms with E-state index < -0.39 is 11.9 Å². The van der Waals surface area contributed by atoms with Crippen molar-refractivity contribution in [1.29, 1.82) is 10.7 Å². The van der Waals surface area contributed by atoms with E-state index in [9.17, 15) is 9.59 Å². The van der Waals surface area contributed by atoms with Crippen molar-refractivity contribution < 1.29 is 14.7 Å². The summed E-state index contributed by atoms with van der Waals surface area (Å²) in [5, 5.41) is 34.0. The van der Waals surface area contributed by atoms with Crippen LogP contribution >= 0.6 is 0 Å². The second-order valence-electron chi connectivity index (χ2n) is 8.29. The highest BCUT2D eigenvalue weighted by Crippen LogP contribution is 2.27. The van der Waals surface area contributed by atoms with Crippen molar-refractivity contribution in [2.24, 2.45) is 16.8 Å². The minimum Gasteiger partial charge on any atom is -0.480 e. The van der Waals surface area contributed by atoms with Crippen LogP contribution in [0.1, 0.15) is 40.9 Å². The molecular formula is C22H25N11O3. The molecular weight excluding hydrogens is 466 g/mol. The number of hydrazone groups is 1. The molecule has 2 aliphatic rings. The third-order valence-corrected chi connectivity index (χ3v) is 5.82. The van der Waals surface area contributed by atoms with Crippen molar-refractivity contribution in [3.63, 3.8) is 0 Å². The molecule has 14 heteroatoms. The molecule has 2 aromatic rings. The van der Waals surface area contributed by atoms with E-state index >= 15 is 0 Å². The minimum absolute atomic E-state index is 0.00698. The molecule has 7 N–H and O–H groups in total.